The molecular formula is C19H20FN5O2. The summed E-state index contributed by atoms with van der Waals surface area (Å²) < 4.78 is 21.3. The van der Waals surface area contributed by atoms with E-state index in [-0.39, 0.29) is 19.1 Å². The Morgan fingerprint density at radius 1 is 1.30 bits per heavy atom. The van der Waals surface area contributed by atoms with Crippen molar-refractivity contribution in [3.8, 4) is 5.75 Å². The highest BCUT2D eigenvalue weighted by atomic mass is 19.1. The van der Waals surface area contributed by atoms with Crippen molar-refractivity contribution < 1.29 is 13.9 Å². The van der Waals surface area contributed by atoms with E-state index in [0.717, 1.165) is 16.9 Å². The third-order valence-corrected chi connectivity index (χ3v) is 4.37. The van der Waals surface area contributed by atoms with E-state index in [1.807, 2.05) is 24.3 Å². The van der Waals surface area contributed by atoms with Crippen molar-refractivity contribution in [2.45, 2.75) is 26.1 Å². The van der Waals surface area contributed by atoms with Gasteiger partial charge in [0.1, 0.15) is 22.8 Å². The lowest BCUT2D eigenvalue weighted by atomic mass is 10.2. The van der Waals surface area contributed by atoms with Crippen LogP contribution in [0.1, 0.15) is 13.8 Å². The van der Waals surface area contributed by atoms with Crippen LogP contribution in [-0.2, 0) is 11.3 Å². The van der Waals surface area contributed by atoms with Crippen LogP contribution in [0.25, 0.3) is 11.0 Å². The predicted octanol–water partition coefficient (Wildman–Crippen LogP) is 3.28. The minimum Gasteiger partial charge on any atom is -0.481 e. The molecular weight excluding hydrogens is 349 g/mol. The van der Waals surface area contributed by atoms with Crippen LogP contribution >= 0.6 is 0 Å². The number of amides is 1. The van der Waals surface area contributed by atoms with Gasteiger partial charge in [-0.15, -0.1) is 0 Å². The van der Waals surface area contributed by atoms with Crippen molar-refractivity contribution in [1.82, 2.24) is 14.5 Å². The zero-order valence-corrected chi connectivity index (χ0v) is 15.4. The number of fused-ring (bicyclic) bond motifs is 2. The van der Waals surface area contributed by atoms with Crippen molar-refractivity contribution in [2.24, 2.45) is 0 Å². The van der Waals surface area contributed by atoms with E-state index >= 15 is 0 Å². The molecule has 8 heteroatoms. The number of anilines is 3. The van der Waals surface area contributed by atoms with Gasteiger partial charge in [-0.25, -0.2) is 14.4 Å². The van der Waals surface area contributed by atoms with Gasteiger partial charge in [-0.3, -0.25) is 4.79 Å². The predicted molar refractivity (Wildman–Crippen MR) is 101 cm³/mol. The highest BCUT2D eigenvalue weighted by molar-refractivity contribution is 5.97. The van der Waals surface area contributed by atoms with Crippen molar-refractivity contribution in [3.05, 3.63) is 36.8 Å². The molecule has 1 aliphatic rings. The summed E-state index contributed by atoms with van der Waals surface area (Å²) in [4.78, 5) is 21.9. The highest BCUT2D eigenvalue weighted by Crippen LogP contribution is 2.34. The van der Waals surface area contributed by atoms with Gasteiger partial charge in [0, 0.05) is 24.9 Å². The maximum absolute atomic E-state index is 14.0. The van der Waals surface area contributed by atoms with Gasteiger partial charge < -0.3 is 19.5 Å². The molecule has 140 valence electrons. The topological polar surface area (TPSA) is 72.3 Å². The number of alkyl halides is 1. The molecule has 3 heterocycles. The fraction of sp³-hybridized carbons (Fsp3) is 0.316. The molecule has 0 bridgehead atoms. The normalized spacial score (nSPS) is 14.2. The fourth-order valence-corrected chi connectivity index (χ4v) is 3.06. The number of ether oxygens (including phenoxy) is 1. The van der Waals surface area contributed by atoms with Gasteiger partial charge in [-0.1, -0.05) is 0 Å². The van der Waals surface area contributed by atoms with Crippen LogP contribution < -0.4 is 15.0 Å². The maximum atomic E-state index is 14.0. The molecule has 4 rings (SSSR count). The monoisotopic (exact) mass is 369 g/mol. The van der Waals surface area contributed by atoms with E-state index in [9.17, 15) is 9.18 Å². The molecule has 2 aromatic heterocycles. The summed E-state index contributed by atoms with van der Waals surface area (Å²) in [5.74, 6) is 1.16. The Balaban J connectivity index is 1.62. The lowest BCUT2D eigenvalue weighted by Gasteiger charge is -2.26. The SMILES string of the molecule is CN1C(=O)COc2cc(Nc3cc4c(cn3)ncn4CC(C)(C)F)ccc21. The second kappa shape index (κ2) is 6.22. The van der Waals surface area contributed by atoms with Crippen LogP contribution in [0.2, 0.25) is 0 Å². The zero-order valence-electron chi connectivity index (χ0n) is 15.4. The molecule has 0 radical (unpaired) electrons. The highest BCUT2D eigenvalue weighted by Gasteiger charge is 2.22. The van der Waals surface area contributed by atoms with Crippen molar-refractivity contribution in [3.63, 3.8) is 0 Å². The molecule has 0 unspecified atom stereocenters. The summed E-state index contributed by atoms with van der Waals surface area (Å²) in [5.41, 5.74) is 1.67. The van der Waals surface area contributed by atoms with Gasteiger partial charge in [0.15, 0.2) is 6.61 Å². The average Bonchev–Trinajstić information content (AvgIpc) is 2.99. The average molecular weight is 369 g/mol. The molecule has 3 aromatic rings. The van der Waals surface area contributed by atoms with E-state index in [0.29, 0.717) is 17.1 Å². The quantitative estimate of drug-likeness (QED) is 0.764. The molecule has 0 fully saturated rings. The second-order valence-electron chi connectivity index (χ2n) is 7.20. The van der Waals surface area contributed by atoms with Crippen LogP contribution in [0.5, 0.6) is 5.75 Å². The summed E-state index contributed by atoms with van der Waals surface area (Å²) in [6, 6.07) is 7.34. The molecule has 1 aliphatic heterocycles. The molecule has 0 aliphatic carbocycles. The number of pyridine rings is 1. The molecule has 27 heavy (non-hydrogen) atoms. The van der Waals surface area contributed by atoms with Crippen LogP contribution in [0.3, 0.4) is 0 Å². The first-order chi connectivity index (χ1) is 12.8. The van der Waals surface area contributed by atoms with E-state index < -0.39 is 5.67 Å². The number of nitrogens with one attached hydrogen (secondary N) is 1. The first kappa shape index (κ1) is 17.3. The van der Waals surface area contributed by atoms with E-state index in [4.69, 9.17) is 4.74 Å². The van der Waals surface area contributed by atoms with Crippen molar-refractivity contribution in [2.75, 3.05) is 23.9 Å². The number of halogens is 1. The van der Waals surface area contributed by atoms with Crippen molar-refractivity contribution in [1.29, 1.82) is 0 Å². The van der Waals surface area contributed by atoms with Gasteiger partial charge in [0.2, 0.25) is 0 Å². The van der Waals surface area contributed by atoms with E-state index in [2.05, 4.69) is 15.3 Å². The Bertz CT molecular complexity index is 1020. The lowest BCUT2D eigenvalue weighted by Crippen LogP contribution is -2.35. The molecule has 0 spiro atoms. The molecule has 0 saturated carbocycles. The number of rotatable bonds is 4. The summed E-state index contributed by atoms with van der Waals surface area (Å²) in [7, 11) is 1.72. The Morgan fingerprint density at radius 2 is 2.11 bits per heavy atom. The molecule has 0 saturated heterocycles. The first-order valence-corrected chi connectivity index (χ1v) is 8.60. The molecule has 0 atom stereocenters. The summed E-state index contributed by atoms with van der Waals surface area (Å²) >= 11 is 0. The molecule has 1 N–H and O–H groups in total. The lowest BCUT2D eigenvalue weighted by molar-refractivity contribution is -0.120. The zero-order chi connectivity index (χ0) is 19.2. The number of carbonyl (C=O) groups is 1. The van der Waals surface area contributed by atoms with Gasteiger partial charge in [0.25, 0.3) is 5.91 Å². The second-order valence-corrected chi connectivity index (χ2v) is 7.20. The Kier molecular flexibility index (Phi) is 3.98. The first-order valence-electron chi connectivity index (χ1n) is 8.60. The summed E-state index contributed by atoms with van der Waals surface area (Å²) in [6.07, 6.45) is 3.28. The van der Waals surface area contributed by atoms with Crippen molar-refractivity contribution >= 4 is 34.1 Å². The third-order valence-electron chi connectivity index (χ3n) is 4.37. The number of hydrogen-bond donors (Lipinski definition) is 1. The largest absolute Gasteiger partial charge is 0.481 e. The smallest absolute Gasteiger partial charge is 0.264 e. The van der Waals surface area contributed by atoms with E-state index in [1.54, 1.807) is 29.0 Å². The number of benzene rings is 1. The van der Waals surface area contributed by atoms with E-state index in [1.165, 1.54) is 13.8 Å². The number of likely N-dealkylation sites (N-methyl/N-ethyl adjacent to an activating group) is 1. The van der Waals surface area contributed by atoms with Crippen LogP contribution in [-0.4, -0.2) is 39.8 Å². The fourth-order valence-electron chi connectivity index (χ4n) is 3.06. The standard InChI is InChI=1S/C19H20FN5O2/c1-19(2,20)10-25-11-22-13-8-21-17(7-15(13)25)23-12-4-5-14-16(6-12)27-9-18(26)24(14)3/h4-8,11H,9-10H2,1-3H3,(H,21,23). The molecule has 1 amide bonds. The van der Waals surface area contributed by atoms with Crippen LogP contribution in [0.15, 0.2) is 36.8 Å². The summed E-state index contributed by atoms with van der Waals surface area (Å²) in [6.45, 7) is 3.30. The Hall–Kier alpha value is -3.16. The Morgan fingerprint density at radius 3 is 2.89 bits per heavy atom. The summed E-state index contributed by atoms with van der Waals surface area (Å²) in [5, 5.41) is 3.22. The van der Waals surface area contributed by atoms with Crippen LogP contribution in [0, 0.1) is 0 Å². The van der Waals surface area contributed by atoms with Gasteiger partial charge >= 0.3 is 0 Å². The minimum absolute atomic E-state index is 0.0232. The molecule has 1 aromatic carbocycles. The van der Waals surface area contributed by atoms with Gasteiger partial charge in [-0.05, 0) is 26.0 Å². The number of nitrogens with zero attached hydrogens (tertiary/aromatic N) is 4. The van der Waals surface area contributed by atoms with Gasteiger partial charge in [-0.2, -0.15) is 0 Å². The number of aromatic nitrogens is 3. The number of imidazole rings is 1. The maximum Gasteiger partial charge on any atom is 0.264 e. The minimum atomic E-state index is -1.34. The van der Waals surface area contributed by atoms with Crippen LogP contribution in [0.4, 0.5) is 21.6 Å². The van der Waals surface area contributed by atoms with Gasteiger partial charge in [0.05, 0.1) is 30.3 Å². The number of hydrogen-bond acceptors (Lipinski definition) is 5. The molecule has 7 nitrogen and oxygen atoms in total. The Labute approximate surface area is 155 Å². The third kappa shape index (κ3) is 3.42. The number of carbonyl (C=O) groups excluding carboxylic acids is 1.